The van der Waals surface area contributed by atoms with Crippen LogP contribution in [0.2, 0.25) is 5.02 Å². The van der Waals surface area contributed by atoms with Crippen LogP contribution in [0.5, 0.6) is 0 Å². The van der Waals surface area contributed by atoms with Crippen molar-refractivity contribution < 1.29 is 14.3 Å². The first-order valence-corrected chi connectivity index (χ1v) is 3.84. The summed E-state index contributed by atoms with van der Waals surface area (Å²) in [6.07, 6.45) is 2.01. The summed E-state index contributed by atoms with van der Waals surface area (Å²) in [6.45, 7) is 0. The van der Waals surface area contributed by atoms with Crippen LogP contribution in [-0.2, 0) is 4.79 Å². The first kappa shape index (κ1) is 9.74. The molecular formula is C9H6ClFO2. The van der Waals surface area contributed by atoms with Crippen molar-refractivity contribution in [1.29, 1.82) is 0 Å². The van der Waals surface area contributed by atoms with E-state index in [1.807, 2.05) is 0 Å². The highest BCUT2D eigenvalue weighted by Gasteiger charge is 2.02. The van der Waals surface area contributed by atoms with Gasteiger partial charge in [0, 0.05) is 11.6 Å². The number of aliphatic carboxylic acids is 1. The van der Waals surface area contributed by atoms with E-state index in [9.17, 15) is 9.18 Å². The minimum absolute atomic E-state index is 0.0208. The molecule has 0 aliphatic heterocycles. The maximum Gasteiger partial charge on any atom is 0.328 e. The molecule has 0 unspecified atom stereocenters. The summed E-state index contributed by atoms with van der Waals surface area (Å²) in [5.74, 6) is -1.74. The molecule has 0 fully saturated rings. The molecular weight excluding hydrogens is 195 g/mol. The number of carboxylic acid groups (broad SMARTS) is 1. The van der Waals surface area contributed by atoms with Crippen LogP contribution in [0.15, 0.2) is 24.3 Å². The van der Waals surface area contributed by atoms with Crippen LogP contribution in [0, 0.1) is 5.82 Å². The second kappa shape index (κ2) is 4.05. The number of rotatable bonds is 2. The van der Waals surface area contributed by atoms with Crippen molar-refractivity contribution in [3.8, 4) is 0 Å². The van der Waals surface area contributed by atoms with Gasteiger partial charge in [-0.05, 0) is 12.1 Å². The summed E-state index contributed by atoms with van der Waals surface area (Å²) in [5, 5.41) is 8.27. The molecule has 13 heavy (non-hydrogen) atoms. The Bertz CT molecular complexity index is 361. The van der Waals surface area contributed by atoms with E-state index >= 15 is 0 Å². The third-order valence-electron chi connectivity index (χ3n) is 1.39. The fraction of sp³-hybridized carbons (Fsp3) is 0. The Morgan fingerprint density at radius 2 is 2.23 bits per heavy atom. The van der Waals surface area contributed by atoms with Crippen molar-refractivity contribution in [2.75, 3.05) is 0 Å². The van der Waals surface area contributed by atoms with E-state index in [1.165, 1.54) is 12.1 Å². The summed E-state index contributed by atoms with van der Waals surface area (Å²) < 4.78 is 13.1. The zero-order valence-corrected chi connectivity index (χ0v) is 7.25. The van der Waals surface area contributed by atoms with Gasteiger partial charge in [0.15, 0.2) is 0 Å². The second-order valence-electron chi connectivity index (χ2n) is 2.31. The summed E-state index contributed by atoms with van der Waals surface area (Å²) in [6, 6.07) is 4.39. The highest BCUT2D eigenvalue weighted by Crippen LogP contribution is 2.18. The van der Waals surface area contributed by atoms with Gasteiger partial charge in [0.25, 0.3) is 0 Å². The van der Waals surface area contributed by atoms with Crippen molar-refractivity contribution in [2.24, 2.45) is 0 Å². The molecule has 0 aliphatic carbocycles. The van der Waals surface area contributed by atoms with Gasteiger partial charge < -0.3 is 5.11 Å². The largest absolute Gasteiger partial charge is 0.478 e. The average molecular weight is 201 g/mol. The molecule has 0 spiro atoms. The molecule has 4 heteroatoms. The Hall–Kier alpha value is -1.35. The van der Waals surface area contributed by atoms with Gasteiger partial charge in [-0.3, -0.25) is 0 Å². The summed E-state index contributed by atoms with van der Waals surface area (Å²) in [5.41, 5.74) is 0.162. The maximum absolute atomic E-state index is 13.1. The van der Waals surface area contributed by atoms with Crippen molar-refractivity contribution in [3.05, 3.63) is 40.7 Å². The molecule has 1 N–H and O–H groups in total. The van der Waals surface area contributed by atoms with E-state index in [0.717, 1.165) is 12.2 Å². The minimum atomic E-state index is -1.13. The number of hydrogen-bond donors (Lipinski definition) is 1. The van der Waals surface area contributed by atoms with Crippen LogP contribution in [0.1, 0.15) is 5.56 Å². The third-order valence-corrected chi connectivity index (χ3v) is 1.68. The van der Waals surface area contributed by atoms with E-state index in [2.05, 4.69) is 0 Å². The quantitative estimate of drug-likeness (QED) is 0.745. The number of hydrogen-bond acceptors (Lipinski definition) is 1. The van der Waals surface area contributed by atoms with Crippen LogP contribution in [0.3, 0.4) is 0 Å². The van der Waals surface area contributed by atoms with Crippen LogP contribution in [-0.4, -0.2) is 11.1 Å². The average Bonchev–Trinajstić information content (AvgIpc) is 2.07. The summed E-state index contributed by atoms with van der Waals surface area (Å²) in [7, 11) is 0. The lowest BCUT2D eigenvalue weighted by molar-refractivity contribution is -0.131. The summed E-state index contributed by atoms with van der Waals surface area (Å²) >= 11 is 5.47. The third kappa shape index (κ3) is 2.56. The minimum Gasteiger partial charge on any atom is -0.478 e. The predicted molar refractivity (Wildman–Crippen MR) is 48.1 cm³/mol. The number of benzene rings is 1. The standard InChI is InChI=1S/C9H6ClFO2/c10-7-3-1-2-6(9(7)11)4-5-8(12)13/h1-5H,(H,12,13)/b5-4+. The molecule has 0 aliphatic rings. The molecule has 0 atom stereocenters. The van der Waals surface area contributed by atoms with Crippen molar-refractivity contribution in [2.45, 2.75) is 0 Å². The molecule has 0 heterocycles. The van der Waals surface area contributed by atoms with Gasteiger partial charge >= 0.3 is 5.97 Å². The molecule has 68 valence electrons. The topological polar surface area (TPSA) is 37.3 Å². The molecule has 2 nitrogen and oxygen atoms in total. The van der Waals surface area contributed by atoms with E-state index in [1.54, 1.807) is 6.07 Å². The molecule has 1 rings (SSSR count). The monoisotopic (exact) mass is 200 g/mol. The maximum atomic E-state index is 13.1. The van der Waals surface area contributed by atoms with Crippen molar-refractivity contribution in [1.82, 2.24) is 0 Å². The highest BCUT2D eigenvalue weighted by molar-refractivity contribution is 6.30. The number of carboxylic acids is 1. The zero-order chi connectivity index (χ0) is 9.84. The van der Waals surface area contributed by atoms with Gasteiger partial charge in [0.1, 0.15) is 5.82 Å². The molecule has 1 aromatic carbocycles. The molecule has 0 amide bonds. The number of carbonyl (C=O) groups is 1. The van der Waals surface area contributed by atoms with Crippen molar-refractivity contribution >= 4 is 23.6 Å². The van der Waals surface area contributed by atoms with Gasteiger partial charge in [0.2, 0.25) is 0 Å². The Balaban J connectivity index is 3.02. The van der Waals surface area contributed by atoms with Crippen LogP contribution >= 0.6 is 11.6 Å². The van der Waals surface area contributed by atoms with Gasteiger partial charge in [-0.15, -0.1) is 0 Å². The van der Waals surface area contributed by atoms with Gasteiger partial charge in [-0.1, -0.05) is 23.7 Å². The van der Waals surface area contributed by atoms with E-state index in [-0.39, 0.29) is 10.6 Å². The molecule has 0 saturated carbocycles. The lowest BCUT2D eigenvalue weighted by Gasteiger charge is -1.97. The fourth-order valence-electron chi connectivity index (χ4n) is 0.810. The lowest BCUT2D eigenvalue weighted by Crippen LogP contribution is -1.88. The first-order valence-electron chi connectivity index (χ1n) is 3.46. The molecule has 0 aromatic heterocycles. The van der Waals surface area contributed by atoms with Gasteiger partial charge in [-0.2, -0.15) is 0 Å². The normalized spacial score (nSPS) is 10.6. The fourth-order valence-corrected chi connectivity index (χ4v) is 0.992. The highest BCUT2D eigenvalue weighted by atomic mass is 35.5. The van der Waals surface area contributed by atoms with Gasteiger partial charge in [-0.25, -0.2) is 9.18 Å². The number of halogens is 2. The van der Waals surface area contributed by atoms with E-state index < -0.39 is 11.8 Å². The second-order valence-corrected chi connectivity index (χ2v) is 2.72. The van der Waals surface area contributed by atoms with E-state index in [4.69, 9.17) is 16.7 Å². The van der Waals surface area contributed by atoms with E-state index in [0.29, 0.717) is 0 Å². The molecule has 0 radical (unpaired) electrons. The van der Waals surface area contributed by atoms with Gasteiger partial charge in [0.05, 0.1) is 5.02 Å². The Morgan fingerprint density at radius 1 is 1.54 bits per heavy atom. The molecule has 1 aromatic rings. The molecule has 0 bridgehead atoms. The predicted octanol–water partition coefficient (Wildman–Crippen LogP) is 2.58. The smallest absolute Gasteiger partial charge is 0.328 e. The first-order chi connectivity index (χ1) is 6.11. The van der Waals surface area contributed by atoms with Crippen LogP contribution in [0.4, 0.5) is 4.39 Å². The summed E-state index contributed by atoms with van der Waals surface area (Å²) in [4.78, 5) is 10.1. The van der Waals surface area contributed by atoms with Crippen molar-refractivity contribution in [3.63, 3.8) is 0 Å². The van der Waals surface area contributed by atoms with Crippen LogP contribution in [0.25, 0.3) is 6.08 Å². The lowest BCUT2D eigenvalue weighted by atomic mass is 10.2. The van der Waals surface area contributed by atoms with Crippen LogP contribution < -0.4 is 0 Å². The Labute approximate surface area is 79.3 Å². The Morgan fingerprint density at radius 3 is 2.85 bits per heavy atom. The Kier molecular flexibility index (Phi) is 3.03. The molecule has 0 saturated heterocycles. The SMILES string of the molecule is O=C(O)/C=C/c1cccc(Cl)c1F. The zero-order valence-electron chi connectivity index (χ0n) is 6.50.